The maximum Gasteiger partial charge on any atom is 0.220 e. The molecule has 0 aliphatic carbocycles. The zero-order valence-corrected chi connectivity index (χ0v) is 44.4. The Morgan fingerprint density at radius 3 is 1.80 bits per heavy atom. The summed E-state index contributed by atoms with van der Waals surface area (Å²) in [6, 6.07) is 72.6. The predicted molar refractivity (Wildman–Crippen MR) is 341 cm³/mol. The average Bonchev–Trinajstić information content (AvgIpc) is 1.57. The van der Waals surface area contributed by atoms with Crippen molar-refractivity contribution >= 4 is 134 Å². The van der Waals surface area contributed by atoms with E-state index in [1.807, 2.05) is 121 Å². The van der Waals surface area contributed by atoms with Crippen LogP contribution in [0.15, 0.2) is 247 Å². The van der Waals surface area contributed by atoms with Crippen LogP contribution in [0.1, 0.15) is 12.4 Å². The van der Waals surface area contributed by atoms with E-state index in [1.165, 1.54) is 0 Å². The molecule has 0 fully saturated rings. The monoisotopic (exact) mass is 1070 g/mol. The molecule has 0 radical (unpaired) electrons. The van der Waals surface area contributed by atoms with Gasteiger partial charge in [0, 0.05) is 74.4 Å². The van der Waals surface area contributed by atoms with Crippen molar-refractivity contribution in [1.82, 2.24) is 9.13 Å². The molecule has 374 valence electrons. The van der Waals surface area contributed by atoms with Crippen LogP contribution in [0.4, 0.5) is 5.69 Å². The largest absolute Gasteiger partial charge is 0.456 e. The van der Waals surface area contributed by atoms with Crippen molar-refractivity contribution in [3.05, 3.63) is 260 Å². The Hall–Kier alpha value is -10.5. The van der Waals surface area contributed by atoms with Gasteiger partial charge in [0.15, 0.2) is 0 Å². The number of hydrogen-bond donors (Lipinski definition) is 0. The smallest absolute Gasteiger partial charge is 0.220 e. The molecule has 0 amide bonds. The summed E-state index contributed by atoms with van der Waals surface area (Å²) in [5, 5.41) is 21.7. The van der Waals surface area contributed by atoms with Crippen LogP contribution in [0.3, 0.4) is 0 Å². The first-order valence-corrected chi connectivity index (χ1v) is 28.2. The van der Waals surface area contributed by atoms with Crippen LogP contribution in [0, 0.1) is 17.9 Å². The Morgan fingerprint density at radius 2 is 1.06 bits per heavy atom. The Bertz CT molecular complexity index is 5910. The van der Waals surface area contributed by atoms with Crippen molar-refractivity contribution < 1.29 is 11.3 Å². The highest BCUT2D eigenvalue weighted by Crippen LogP contribution is 2.56. The summed E-state index contributed by atoms with van der Waals surface area (Å²) in [7, 11) is 0. The molecule has 0 unspecified atom stereocenters. The fraction of sp³-hybridized carbons (Fsp3) is 0. The summed E-state index contributed by atoms with van der Waals surface area (Å²) in [6.45, 7) is 9.57. The van der Waals surface area contributed by atoms with Gasteiger partial charge in [0.1, 0.15) is 17.2 Å². The molecule has 81 heavy (non-hydrogen) atoms. The molecule has 0 N–H and O–H groups in total. The normalized spacial score (nSPS) is 12.8. The van der Waals surface area contributed by atoms with Crippen molar-refractivity contribution in [3.63, 3.8) is 0 Å². The van der Waals surface area contributed by atoms with E-state index < -0.39 is 18.1 Å². The van der Waals surface area contributed by atoms with Gasteiger partial charge in [-0.3, -0.25) is 0 Å². The molecule has 17 aromatic rings. The van der Waals surface area contributed by atoms with Crippen molar-refractivity contribution in [1.29, 1.82) is 5.26 Å². The van der Waals surface area contributed by atoms with Crippen LogP contribution in [0.2, 0.25) is 0 Å². The van der Waals surface area contributed by atoms with E-state index in [0.717, 1.165) is 112 Å². The summed E-state index contributed by atoms with van der Waals surface area (Å²) >= 11 is 3.27. The lowest BCUT2D eigenvalue weighted by Gasteiger charge is -2.26. The van der Waals surface area contributed by atoms with Crippen molar-refractivity contribution in [2.45, 2.75) is 0 Å². The zero-order chi connectivity index (χ0) is 57.8. The molecular weight excluding hydrogens is 1020 g/mol. The van der Waals surface area contributed by atoms with E-state index in [1.54, 1.807) is 22.7 Å². The third kappa shape index (κ3) is 6.45. The third-order valence-corrected chi connectivity index (χ3v) is 18.6. The molecule has 5 nitrogen and oxygen atoms in total. The first kappa shape index (κ1) is 40.6. The van der Waals surface area contributed by atoms with Gasteiger partial charge in [-0.2, -0.15) is 5.26 Å². The van der Waals surface area contributed by atoms with E-state index in [2.05, 4.69) is 111 Å². The van der Waals surface area contributed by atoms with Gasteiger partial charge in [-0.25, -0.2) is 4.85 Å². The summed E-state index contributed by atoms with van der Waals surface area (Å²) in [4.78, 5) is 4.60. The van der Waals surface area contributed by atoms with E-state index in [4.69, 9.17) is 8.53 Å². The number of nitriles is 1. The minimum Gasteiger partial charge on any atom is -0.456 e. The average molecular weight is 1070 g/mol. The predicted octanol–water partition coefficient (Wildman–Crippen LogP) is 21.6. The SMILES string of the molecule is [2H]c1c([2H])c([2H])c(-c2cc3c4ccccc4sc3c3c2c2ccc4c5ccccc5sc4c2n3-c2c(C#N)c(-c3ccccc3)c([N+]#[C-])c(-n3c4ccccc4c4cc(-c5cccc6oc7ccccc7c56)ccc43)c2-c2ccccc2)c([2H])c1[2H]. The topological polar surface area (TPSA) is 51.1 Å². The van der Waals surface area contributed by atoms with Crippen molar-refractivity contribution in [2.24, 2.45) is 0 Å². The molecule has 0 saturated heterocycles. The van der Waals surface area contributed by atoms with Crippen LogP contribution < -0.4 is 0 Å². The fourth-order valence-electron chi connectivity index (χ4n) is 13.0. The highest BCUT2D eigenvalue weighted by atomic mass is 32.1. The lowest BCUT2D eigenvalue weighted by molar-refractivity contribution is 0.669. The van der Waals surface area contributed by atoms with Crippen LogP contribution in [0.25, 0.3) is 167 Å². The van der Waals surface area contributed by atoms with Crippen LogP contribution in [0.5, 0.6) is 0 Å². The van der Waals surface area contributed by atoms with Crippen LogP contribution >= 0.6 is 22.7 Å². The summed E-state index contributed by atoms with van der Waals surface area (Å²) in [5.41, 5.74) is 11.6. The van der Waals surface area contributed by atoms with E-state index in [0.29, 0.717) is 44.5 Å². The standard InChI is InChI=1S/C74H40N4OS2/c1-76-68-64(44-22-7-3-8-23-44)57(42-75)69(78-70-53(38-37-51-49-27-13-17-34-62(49)80-73(51)70)67-54(43-20-5-2-6-21-43)41-56-50-28-14-18-35-63(50)81-74(56)72(67)78)65(45-24-9-4-10-25-45)71(68)77-58-31-15-11-26-48(58)55-40-46(36-39-59(55)77)47-30-19-33-61-66(47)52-29-12-16-32-60(52)79-61/h2-41H/i2D,5D,6D,20D,21D. The van der Waals surface area contributed by atoms with Crippen LogP contribution in [-0.2, 0) is 0 Å². The number of para-hydroxylation sites is 2. The maximum atomic E-state index is 12.5. The Kier molecular flexibility index (Phi) is 8.77. The lowest BCUT2D eigenvalue weighted by Crippen LogP contribution is -2.09. The minimum atomic E-state index is -0.478. The summed E-state index contributed by atoms with van der Waals surface area (Å²) in [6.07, 6.45) is 0. The summed E-state index contributed by atoms with van der Waals surface area (Å²) < 4.78 is 61.0. The van der Waals surface area contributed by atoms with Crippen LogP contribution in [-0.4, -0.2) is 9.13 Å². The number of fused-ring (bicyclic) bond motifs is 17. The first-order chi connectivity index (χ1) is 42.2. The Labute approximate surface area is 478 Å². The fourth-order valence-corrected chi connectivity index (χ4v) is 15.4. The highest BCUT2D eigenvalue weighted by Gasteiger charge is 2.34. The van der Waals surface area contributed by atoms with Gasteiger partial charge in [-0.15, -0.1) is 22.7 Å². The molecule has 12 aromatic carbocycles. The molecule has 0 aliphatic rings. The number of aromatic nitrogens is 2. The molecular formula is C74H40N4OS2. The second kappa shape index (κ2) is 17.5. The quantitative estimate of drug-likeness (QED) is 0.156. The number of nitrogens with zero attached hydrogens (tertiary/aromatic N) is 4. The number of thiophene rings is 2. The molecule has 0 atom stereocenters. The summed E-state index contributed by atoms with van der Waals surface area (Å²) in [5.74, 6) is 0. The number of rotatable bonds is 6. The van der Waals surface area contributed by atoms with Gasteiger partial charge in [-0.1, -0.05) is 194 Å². The maximum absolute atomic E-state index is 12.5. The Balaban J connectivity index is 1.13. The zero-order valence-electron chi connectivity index (χ0n) is 47.7. The van der Waals surface area contributed by atoms with Gasteiger partial charge in [0.05, 0.1) is 61.8 Å². The molecule has 7 heteroatoms. The minimum absolute atomic E-state index is 0.0771. The molecule has 17 rings (SSSR count). The van der Waals surface area contributed by atoms with E-state index >= 15 is 0 Å². The first-order valence-electron chi connectivity index (χ1n) is 29.1. The number of hydrogen-bond acceptors (Lipinski definition) is 4. The second-order valence-corrected chi connectivity index (χ2v) is 22.5. The second-order valence-electron chi connectivity index (χ2n) is 20.4. The Morgan fingerprint density at radius 1 is 0.444 bits per heavy atom. The molecule has 0 spiro atoms. The van der Waals surface area contributed by atoms with E-state index in [9.17, 15) is 14.6 Å². The molecule has 0 saturated carbocycles. The molecule has 5 aromatic heterocycles. The van der Waals surface area contributed by atoms with Gasteiger partial charge in [0.25, 0.3) is 0 Å². The van der Waals surface area contributed by atoms with E-state index in [-0.39, 0.29) is 28.9 Å². The van der Waals surface area contributed by atoms with Crippen molar-refractivity contribution in [3.8, 4) is 62.0 Å². The highest BCUT2D eigenvalue weighted by molar-refractivity contribution is 7.27. The van der Waals surface area contributed by atoms with Gasteiger partial charge >= 0.3 is 0 Å². The lowest BCUT2D eigenvalue weighted by atomic mass is 9.88. The van der Waals surface area contributed by atoms with Gasteiger partial charge < -0.3 is 13.6 Å². The molecule has 0 bridgehead atoms. The number of furan rings is 1. The van der Waals surface area contributed by atoms with Gasteiger partial charge in [-0.05, 0) is 81.9 Å². The third-order valence-electron chi connectivity index (χ3n) is 16.3. The number of benzene rings is 12. The molecule has 5 heterocycles. The van der Waals surface area contributed by atoms with Crippen molar-refractivity contribution in [2.75, 3.05) is 0 Å². The molecule has 0 aliphatic heterocycles. The van der Waals surface area contributed by atoms with Gasteiger partial charge in [0.2, 0.25) is 5.69 Å².